The van der Waals surface area contributed by atoms with Gasteiger partial charge in [0.05, 0.1) is 0 Å². The third-order valence-corrected chi connectivity index (χ3v) is 4.83. The van der Waals surface area contributed by atoms with Crippen molar-refractivity contribution in [2.24, 2.45) is 17.8 Å². The van der Waals surface area contributed by atoms with Crippen LogP contribution in [-0.2, 0) is 0 Å². The molecule has 0 heterocycles. The molecule has 1 aromatic carbocycles. The molecule has 3 nitrogen and oxygen atoms in total. The average Bonchev–Trinajstić information content (AvgIpc) is 3.02. The van der Waals surface area contributed by atoms with Gasteiger partial charge in [-0.25, -0.2) is 4.79 Å². The molecule has 0 unspecified atom stereocenters. The number of rotatable bonds is 3. The van der Waals surface area contributed by atoms with Gasteiger partial charge in [0.25, 0.3) is 0 Å². The first-order chi connectivity index (χ1) is 9.22. The van der Waals surface area contributed by atoms with Gasteiger partial charge < -0.3 is 10.6 Å². The lowest BCUT2D eigenvalue weighted by Crippen LogP contribution is -2.42. The molecule has 3 heteroatoms. The first-order valence-corrected chi connectivity index (χ1v) is 7.35. The Balaban J connectivity index is 1.52. The predicted octanol–water partition coefficient (Wildman–Crippen LogP) is 3.63. The van der Waals surface area contributed by atoms with Gasteiger partial charge in [-0.15, -0.1) is 0 Å². The molecule has 2 N–H and O–H groups in total. The molecule has 0 aromatic heterocycles. The second-order valence-corrected chi connectivity index (χ2v) is 6.09. The molecule has 2 amide bonds. The average molecular weight is 258 g/mol. The van der Waals surface area contributed by atoms with Crippen molar-refractivity contribution in [3.8, 4) is 0 Å². The van der Waals surface area contributed by atoms with Gasteiger partial charge in [0.15, 0.2) is 0 Å². The minimum Gasteiger partial charge on any atom is -0.335 e. The van der Waals surface area contributed by atoms with Crippen LogP contribution in [0.3, 0.4) is 0 Å². The summed E-state index contributed by atoms with van der Waals surface area (Å²) < 4.78 is 0. The lowest BCUT2D eigenvalue weighted by atomic mass is 9.84. The largest absolute Gasteiger partial charge is 0.335 e. The number of hydrogen-bond acceptors (Lipinski definition) is 1. The highest BCUT2D eigenvalue weighted by atomic mass is 16.2. The van der Waals surface area contributed by atoms with Gasteiger partial charge >= 0.3 is 6.03 Å². The molecule has 3 rings (SSSR count). The number of anilines is 1. The number of carbonyl (C=O) groups excluding carboxylic acids is 1. The van der Waals surface area contributed by atoms with E-state index in [-0.39, 0.29) is 12.1 Å². The zero-order chi connectivity index (χ0) is 13.2. The molecule has 0 saturated heterocycles. The molecule has 2 aliphatic rings. The molecule has 102 valence electrons. The topological polar surface area (TPSA) is 41.1 Å². The maximum absolute atomic E-state index is 12.0. The Morgan fingerprint density at radius 2 is 2.00 bits per heavy atom. The zero-order valence-corrected chi connectivity index (χ0v) is 11.4. The second kappa shape index (κ2) is 5.24. The predicted molar refractivity (Wildman–Crippen MR) is 77.0 cm³/mol. The Labute approximate surface area is 114 Å². The summed E-state index contributed by atoms with van der Waals surface area (Å²) in [7, 11) is 0. The molecular weight excluding hydrogens is 236 g/mol. The standard InChI is InChI=1S/C16H22N2O/c1-11(15-10-12-7-8-13(15)9-12)17-16(19)18-14-5-3-2-4-6-14/h2-6,11-13,15H,7-10H2,1H3,(H2,17,18,19)/t11-,12-,13-,15-/m0/s1. The number of amides is 2. The van der Waals surface area contributed by atoms with Gasteiger partial charge in [-0.05, 0) is 56.1 Å². The Morgan fingerprint density at radius 1 is 1.21 bits per heavy atom. The van der Waals surface area contributed by atoms with Crippen molar-refractivity contribution >= 4 is 11.7 Å². The first kappa shape index (κ1) is 12.5. The molecule has 0 radical (unpaired) electrons. The molecule has 2 aliphatic carbocycles. The number of nitrogens with one attached hydrogen (secondary N) is 2. The number of para-hydroxylation sites is 1. The second-order valence-electron chi connectivity index (χ2n) is 6.09. The van der Waals surface area contributed by atoms with Crippen LogP contribution in [0.2, 0.25) is 0 Å². The van der Waals surface area contributed by atoms with Gasteiger partial charge in [-0.2, -0.15) is 0 Å². The molecule has 0 spiro atoms. The monoisotopic (exact) mass is 258 g/mol. The van der Waals surface area contributed by atoms with E-state index >= 15 is 0 Å². The summed E-state index contributed by atoms with van der Waals surface area (Å²) >= 11 is 0. The fraction of sp³-hybridized carbons (Fsp3) is 0.562. The maximum atomic E-state index is 12.0. The van der Waals surface area contributed by atoms with Gasteiger partial charge in [-0.1, -0.05) is 24.6 Å². The molecule has 1 aromatic rings. The molecule has 19 heavy (non-hydrogen) atoms. The highest BCUT2D eigenvalue weighted by Gasteiger charge is 2.42. The van der Waals surface area contributed by atoms with Crippen LogP contribution in [0.4, 0.5) is 10.5 Å². The van der Waals surface area contributed by atoms with E-state index in [0.29, 0.717) is 5.92 Å². The maximum Gasteiger partial charge on any atom is 0.319 e. The van der Waals surface area contributed by atoms with Gasteiger partial charge in [0, 0.05) is 11.7 Å². The number of urea groups is 1. The van der Waals surface area contributed by atoms with Crippen molar-refractivity contribution in [1.29, 1.82) is 0 Å². The smallest absolute Gasteiger partial charge is 0.319 e. The van der Waals surface area contributed by atoms with Crippen LogP contribution in [0.25, 0.3) is 0 Å². The van der Waals surface area contributed by atoms with E-state index < -0.39 is 0 Å². The number of carbonyl (C=O) groups is 1. The van der Waals surface area contributed by atoms with Crippen LogP contribution in [0.5, 0.6) is 0 Å². The quantitative estimate of drug-likeness (QED) is 0.854. The lowest BCUT2D eigenvalue weighted by Gasteiger charge is -2.28. The Hall–Kier alpha value is -1.51. The van der Waals surface area contributed by atoms with E-state index in [0.717, 1.165) is 17.5 Å². The fourth-order valence-corrected chi connectivity index (χ4v) is 3.91. The highest BCUT2D eigenvalue weighted by molar-refractivity contribution is 5.89. The fourth-order valence-electron chi connectivity index (χ4n) is 3.91. The molecule has 0 aliphatic heterocycles. The summed E-state index contributed by atoms with van der Waals surface area (Å²) in [5.74, 6) is 2.45. The third kappa shape index (κ3) is 2.75. The lowest BCUT2D eigenvalue weighted by molar-refractivity contribution is 0.230. The van der Waals surface area contributed by atoms with E-state index in [1.807, 2.05) is 30.3 Å². The Kier molecular flexibility index (Phi) is 3.45. The van der Waals surface area contributed by atoms with E-state index in [1.54, 1.807) is 0 Å². The highest BCUT2D eigenvalue weighted by Crippen LogP contribution is 2.49. The third-order valence-electron chi connectivity index (χ3n) is 4.83. The van der Waals surface area contributed by atoms with Crippen molar-refractivity contribution in [1.82, 2.24) is 5.32 Å². The van der Waals surface area contributed by atoms with E-state index in [4.69, 9.17) is 0 Å². The summed E-state index contributed by atoms with van der Waals surface area (Å²) in [4.78, 5) is 12.0. The summed E-state index contributed by atoms with van der Waals surface area (Å²) in [5, 5.41) is 6.00. The van der Waals surface area contributed by atoms with E-state index in [9.17, 15) is 4.79 Å². The minimum atomic E-state index is -0.0820. The van der Waals surface area contributed by atoms with Crippen molar-refractivity contribution in [3.05, 3.63) is 30.3 Å². The first-order valence-electron chi connectivity index (χ1n) is 7.35. The summed E-state index contributed by atoms with van der Waals surface area (Å²) in [6.45, 7) is 2.15. The normalized spacial score (nSPS) is 30.1. The molecular formula is C16H22N2O. The van der Waals surface area contributed by atoms with E-state index in [2.05, 4.69) is 17.6 Å². The summed E-state index contributed by atoms with van der Waals surface area (Å²) in [6, 6.07) is 9.80. The zero-order valence-electron chi connectivity index (χ0n) is 11.4. The number of benzene rings is 1. The van der Waals surface area contributed by atoms with Crippen LogP contribution in [0, 0.1) is 17.8 Å². The van der Waals surface area contributed by atoms with Crippen molar-refractivity contribution in [2.45, 2.75) is 38.6 Å². The van der Waals surface area contributed by atoms with Crippen molar-refractivity contribution < 1.29 is 4.79 Å². The molecule has 2 saturated carbocycles. The van der Waals surface area contributed by atoms with Crippen molar-refractivity contribution in [3.63, 3.8) is 0 Å². The molecule has 2 bridgehead atoms. The number of hydrogen-bond donors (Lipinski definition) is 2. The van der Waals surface area contributed by atoms with Gasteiger partial charge in [0.1, 0.15) is 0 Å². The van der Waals surface area contributed by atoms with Crippen LogP contribution < -0.4 is 10.6 Å². The van der Waals surface area contributed by atoms with E-state index in [1.165, 1.54) is 25.7 Å². The summed E-state index contributed by atoms with van der Waals surface area (Å²) in [6.07, 6.45) is 5.46. The molecule has 2 fully saturated rings. The molecule has 4 atom stereocenters. The number of fused-ring (bicyclic) bond motifs is 2. The van der Waals surface area contributed by atoms with Crippen molar-refractivity contribution in [2.75, 3.05) is 5.32 Å². The van der Waals surface area contributed by atoms with Crippen LogP contribution in [0.1, 0.15) is 32.6 Å². The Bertz CT molecular complexity index is 445. The van der Waals surface area contributed by atoms with Crippen LogP contribution in [-0.4, -0.2) is 12.1 Å². The van der Waals surface area contributed by atoms with Gasteiger partial charge in [-0.3, -0.25) is 0 Å². The Morgan fingerprint density at radius 3 is 2.63 bits per heavy atom. The van der Waals surface area contributed by atoms with Crippen LogP contribution in [0.15, 0.2) is 30.3 Å². The SMILES string of the molecule is C[C@H](NC(=O)Nc1ccccc1)[C@@H]1C[C@H]2CC[C@H]1C2. The summed E-state index contributed by atoms with van der Waals surface area (Å²) in [5.41, 5.74) is 0.847. The van der Waals surface area contributed by atoms with Gasteiger partial charge in [0.2, 0.25) is 0 Å². The minimum absolute atomic E-state index is 0.0820. The van der Waals surface area contributed by atoms with Crippen LogP contribution >= 0.6 is 0 Å².